The van der Waals surface area contributed by atoms with Crippen LogP contribution in [0.2, 0.25) is 0 Å². The van der Waals surface area contributed by atoms with Gasteiger partial charge in [0.15, 0.2) is 0 Å². The van der Waals surface area contributed by atoms with E-state index in [1.165, 1.54) is 18.9 Å². The molecule has 7 heteroatoms. The molecular weight excluding hydrogens is 370 g/mol. The number of nitro benzene ring substituents is 1. The van der Waals surface area contributed by atoms with Crippen molar-refractivity contribution in [3.05, 3.63) is 69.8 Å². The summed E-state index contributed by atoms with van der Waals surface area (Å²) in [5.74, 6) is 0.597. The molecule has 0 aromatic heterocycles. The molecule has 1 fully saturated rings. The number of hydrogen-bond acceptors (Lipinski definition) is 5. The van der Waals surface area contributed by atoms with Crippen molar-refractivity contribution >= 4 is 11.6 Å². The third kappa shape index (κ3) is 5.12. The Bertz CT molecular complexity index is 865. The molecule has 2 aromatic rings. The number of carbonyl (C=O) groups excluding carboxylic acids is 1. The van der Waals surface area contributed by atoms with Gasteiger partial charge in [0.25, 0.3) is 5.69 Å². The molecule has 0 bridgehead atoms. The van der Waals surface area contributed by atoms with E-state index < -0.39 is 4.92 Å². The van der Waals surface area contributed by atoms with E-state index >= 15 is 0 Å². The first-order valence-corrected chi connectivity index (χ1v) is 9.84. The predicted molar refractivity (Wildman–Crippen MR) is 111 cm³/mol. The van der Waals surface area contributed by atoms with Crippen LogP contribution in [-0.2, 0) is 11.2 Å². The van der Waals surface area contributed by atoms with E-state index in [4.69, 9.17) is 4.74 Å². The molecule has 154 valence electrons. The van der Waals surface area contributed by atoms with Gasteiger partial charge in [0.05, 0.1) is 24.5 Å². The summed E-state index contributed by atoms with van der Waals surface area (Å²) < 4.78 is 5.36. The van der Waals surface area contributed by atoms with Crippen LogP contribution < -0.4 is 4.74 Å². The van der Waals surface area contributed by atoms with Crippen LogP contribution in [0, 0.1) is 10.1 Å². The SMILES string of the molecule is COc1cccc(C(CN2CCCC2)N(C)C(=O)Cc2ccccc2[N+](=O)[O-])c1. The average Bonchev–Trinajstić information content (AvgIpc) is 3.25. The zero-order valence-corrected chi connectivity index (χ0v) is 16.9. The van der Waals surface area contributed by atoms with Crippen LogP contribution in [0.25, 0.3) is 0 Å². The fourth-order valence-electron chi connectivity index (χ4n) is 3.81. The van der Waals surface area contributed by atoms with Crippen molar-refractivity contribution in [2.75, 3.05) is 33.8 Å². The Morgan fingerprint density at radius 3 is 2.62 bits per heavy atom. The van der Waals surface area contributed by atoms with Crippen LogP contribution >= 0.6 is 0 Å². The van der Waals surface area contributed by atoms with Crippen molar-refractivity contribution in [2.24, 2.45) is 0 Å². The summed E-state index contributed by atoms with van der Waals surface area (Å²) >= 11 is 0. The van der Waals surface area contributed by atoms with Crippen molar-refractivity contribution in [3.8, 4) is 5.75 Å². The molecule has 0 radical (unpaired) electrons. The minimum Gasteiger partial charge on any atom is -0.497 e. The summed E-state index contributed by atoms with van der Waals surface area (Å²) in [5.41, 5.74) is 1.40. The smallest absolute Gasteiger partial charge is 0.273 e. The number of methoxy groups -OCH3 is 1. The highest BCUT2D eigenvalue weighted by molar-refractivity contribution is 5.80. The van der Waals surface area contributed by atoms with Crippen molar-refractivity contribution in [1.82, 2.24) is 9.80 Å². The monoisotopic (exact) mass is 397 g/mol. The standard InChI is InChI=1S/C22H27N3O4/c1-23(22(26)15-18-8-3-4-11-20(18)25(27)28)21(16-24-12-5-6-13-24)17-9-7-10-19(14-17)29-2/h3-4,7-11,14,21H,5-6,12-13,15-16H2,1-2H3. The van der Waals surface area contributed by atoms with E-state index in [1.54, 1.807) is 37.3 Å². The number of nitrogens with zero attached hydrogens (tertiary/aromatic N) is 3. The normalized spacial score (nSPS) is 15.1. The quantitative estimate of drug-likeness (QED) is 0.504. The first-order chi connectivity index (χ1) is 14.0. The van der Waals surface area contributed by atoms with Gasteiger partial charge < -0.3 is 14.5 Å². The zero-order valence-electron chi connectivity index (χ0n) is 16.9. The fourth-order valence-corrected chi connectivity index (χ4v) is 3.81. The van der Waals surface area contributed by atoms with Crippen LogP contribution in [-0.4, -0.2) is 54.4 Å². The van der Waals surface area contributed by atoms with Gasteiger partial charge in [-0.05, 0) is 43.6 Å². The molecule has 29 heavy (non-hydrogen) atoms. The Morgan fingerprint density at radius 2 is 1.93 bits per heavy atom. The highest BCUT2D eigenvalue weighted by Gasteiger charge is 2.27. The van der Waals surface area contributed by atoms with Gasteiger partial charge in [-0.1, -0.05) is 30.3 Å². The van der Waals surface area contributed by atoms with E-state index in [0.29, 0.717) is 5.56 Å². The lowest BCUT2D eigenvalue weighted by Gasteiger charge is -2.32. The number of nitro groups is 1. The van der Waals surface area contributed by atoms with Crippen LogP contribution in [0.1, 0.15) is 30.0 Å². The summed E-state index contributed by atoms with van der Waals surface area (Å²) in [4.78, 5) is 28.0. The number of rotatable bonds is 8. The van der Waals surface area contributed by atoms with E-state index in [-0.39, 0.29) is 24.1 Å². The number of benzene rings is 2. The topological polar surface area (TPSA) is 75.9 Å². The van der Waals surface area contributed by atoms with Crippen LogP contribution in [0.3, 0.4) is 0 Å². The van der Waals surface area contributed by atoms with Gasteiger partial charge in [-0.25, -0.2) is 0 Å². The van der Waals surface area contributed by atoms with Crippen LogP contribution in [0.5, 0.6) is 5.75 Å². The van der Waals surface area contributed by atoms with Crippen molar-refractivity contribution in [3.63, 3.8) is 0 Å². The molecule has 1 saturated heterocycles. The number of para-hydroxylation sites is 1. The molecule has 0 aliphatic carbocycles. The molecule has 1 aliphatic heterocycles. The van der Waals surface area contributed by atoms with Crippen molar-refractivity contribution in [2.45, 2.75) is 25.3 Å². The van der Waals surface area contributed by atoms with Crippen LogP contribution in [0.15, 0.2) is 48.5 Å². The molecule has 1 aliphatic rings. The molecule has 2 aromatic carbocycles. The second-order valence-electron chi connectivity index (χ2n) is 7.37. The predicted octanol–water partition coefficient (Wildman–Crippen LogP) is 3.44. The van der Waals surface area contributed by atoms with Gasteiger partial charge in [0, 0.05) is 25.2 Å². The van der Waals surface area contributed by atoms with Crippen molar-refractivity contribution < 1.29 is 14.5 Å². The van der Waals surface area contributed by atoms with E-state index in [1.807, 2.05) is 24.3 Å². The first kappa shape index (κ1) is 20.8. The molecule has 0 spiro atoms. The Labute approximate surface area is 171 Å². The summed E-state index contributed by atoms with van der Waals surface area (Å²) in [6.45, 7) is 2.77. The Kier molecular flexibility index (Phi) is 6.82. The van der Waals surface area contributed by atoms with E-state index in [2.05, 4.69) is 4.90 Å². The molecular formula is C22H27N3O4. The van der Waals surface area contributed by atoms with Gasteiger partial charge in [-0.2, -0.15) is 0 Å². The van der Waals surface area contributed by atoms with Crippen LogP contribution in [0.4, 0.5) is 5.69 Å². The van der Waals surface area contributed by atoms with Gasteiger partial charge in [-0.3, -0.25) is 14.9 Å². The Morgan fingerprint density at radius 1 is 1.21 bits per heavy atom. The fraction of sp³-hybridized carbons (Fsp3) is 0.409. The Balaban J connectivity index is 1.84. The number of amides is 1. The highest BCUT2D eigenvalue weighted by atomic mass is 16.6. The lowest BCUT2D eigenvalue weighted by atomic mass is 10.0. The number of likely N-dealkylation sites (tertiary alicyclic amines) is 1. The zero-order chi connectivity index (χ0) is 20.8. The maximum Gasteiger partial charge on any atom is 0.273 e. The molecule has 1 heterocycles. The summed E-state index contributed by atoms with van der Waals surface area (Å²) in [6.07, 6.45) is 2.32. The maximum atomic E-state index is 13.1. The van der Waals surface area contributed by atoms with Gasteiger partial charge in [-0.15, -0.1) is 0 Å². The first-order valence-electron chi connectivity index (χ1n) is 9.84. The molecule has 0 saturated carbocycles. The molecule has 1 atom stereocenters. The number of ether oxygens (including phenoxy) is 1. The van der Waals surface area contributed by atoms with Gasteiger partial charge in [0.2, 0.25) is 5.91 Å². The minimum absolute atomic E-state index is 0.00583. The largest absolute Gasteiger partial charge is 0.497 e. The second kappa shape index (κ2) is 9.52. The highest BCUT2D eigenvalue weighted by Crippen LogP contribution is 2.27. The van der Waals surface area contributed by atoms with Gasteiger partial charge >= 0.3 is 0 Å². The third-order valence-corrected chi connectivity index (χ3v) is 5.50. The molecule has 1 amide bonds. The summed E-state index contributed by atoms with van der Waals surface area (Å²) in [7, 11) is 3.40. The summed E-state index contributed by atoms with van der Waals surface area (Å²) in [5, 5.41) is 11.3. The number of carbonyl (C=O) groups is 1. The third-order valence-electron chi connectivity index (χ3n) is 5.50. The van der Waals surface area contributed by atoms with Gasteiger partial charge in [0.1, 0.15) is 5.75 Å². The van der Waals surface area contributed by atoms with E-state index in [9.17, 15) is 14.9 Å². The average molecular weight is 397 g/mol. The molecule has 1 unspecified atom stereocenters. The second-order valence-corrected chi connectivity index (χ2v) is 7.37. The Hall–Kier alpha value is -2.93. The lowest BCUT2D eigenvalue weighted by molar-refractivity contribution is -0.385. The van der Waals surface area contributed by atoms with Crippen molar-refractivity contribution in [1.29, 1.82) is 0 Å². The van der Waals surface area contributed by atoms with E-state index in [0.717, 1.165) is 30.9 Å². The molecule has 3 rings (SSSR count). The molecule has 7 nitrogen and oxygen atoms in total. The summed E-state index contributed by atoms with van der Waals surface area (Å²) in [6, 6.07) is 14.0. The maximum absolute atomic E-state index is 13.1. The molecule has 0 N–H and O–H groups in total. The lowest BCUT2D eigenvalue weighted by Crippen LogP contribution is -2.39. The number of likely N-dealkylation sites (N-methyl/N-ethyl adjacent to an activating group) is 1. The minimum atomic E-state index is -0.438. The number of hydrogen-bond donors (Lipinski definition) is 0.